The van der Waals surface area contributed by atoms with E-state index in [1.54, 1.807) is 6.07 Å². The average molecular weight is 358 g/mol. The zero-order valence-corrected chi connectivity index (χ0v) is 13.4. The molecular weight excluding hydrogens is 345 g/mol. The minimum absolute atomic E-state index is 0.245. The van der Waals surface area contributed by atoms with E-state index in [0.717, 1.165) is 0 Å². The van der Waals surface area contributed by atoms with Crippen molar-refractivity contribution < 1.29 is 13.2 Å². The van der Waals surface area contributed by atoms with E-state index in [2.05, 4.69) is 15.5 Å². The fraction of sp³-hybridized carbons (Fsp3) is 0.167. The SMILES string of the molecule is N#Cc1cccc(F)c1.O=c1[nH]nc2c3c(cc(F)cc13)NC(CF)C2. The Hall–Kier alpha value is -3.34. The molecule has 1 aromatic heterocycles. The van der Waals surface area contributed by atoms with Gasteiger partial charge in [-0.05, 0) is 30.3 Å². The number of nitrogens with zero attached hydrogens (tertiary/aromatic N) is 2. The number of nitrogens with one attached hydrogen (secondary N) is 2. The van der Waals surface area contributed by atoms with E-state index in [-0.39, 0.29) is 11.2 Å². The summed E-state index contributed by atoms with van der Waals surface area (Å²) < 4.78 is 38.2. The highest BCUT2D eigenvalue weighted by Crippen LogP contribution is 2.30. The van der Waals surface area contributed by atoms with Crippen molar-refractivity contribution in [3.63, 3.8) is 0 Å². The lowest BCUT2D eigenvalue weighted by Crippen LogP contribution is -2.30. The van der Waals surface area contributed by atoms with Crippen LogP contribution in [0.2, 0.25) is 0 Å². The van der Waals surface area contributed by atoms with Crippen LogP contribution in [0, 0.1) is 23.0 Å². The molecule has 4 rings (SSSR count). The van der Waals surface area contributed by atoms with Crippen LogP contribution in [0.1, 0.15) is 11.3 Å². The van der Waals surface area contributed by atoms with E-state index < -0.39 is 24.1 Å². The lowest BCUT2D eigenvalue weighted by molar-refractivity contribution is 0.439. The fourth-order valence-corrected chi connectivity index (χ4v) is 2.75. The second-order valence-electron chi connectivity index (χ2n) is 5.70. The van der Waals surface area contributed by atoms with Crippen LogP contribution >= 0.6 is 0 Å². The molecule has 0 bridgehead atoms. The van der Waals surface area contributed by atoms with Crippen LogP contribution in [0.3, 0.4) is 0 Å². The van der Waals surface area contributed by atoms with Crippen LogP contribution in [0.4, 0.5) is 18.9 Å². The topological polar surface area (TPSA) is 81.6 Å². The molecule has 1 unspecified atom stereocenters. The molecule has 132 valence electrons. The number of benzene rings is 2. The Balaban J connectivity index is 0.000000185. The van der Waals surface area contributed by atoms with Gasteiger partial charge in [0.2, 0.25) is 0 Å². The maximum absolute atomic E-state index is 13.3. The van der Waals surface area contributed by atoms with Crippen LogP contribution < -0.4 is 10.9 Å². The van der Waals surface area contributed by atoms with Gasteiger partial charge in [0.15, 0.2) is 0 Å². The number of hydrogen-bond donors (Lipinski definition) is 2. The predicted octanol–water partition coefficient (Wildman–Crippen LogP) is 3.07. The van der Waals surface area contributed by atoms with Crippen molar-refractivity contribution in [2.75, 3.05) is 12.0 Å². The first-order valence-electron chi connectivity index (χ1n) is 7.70. The highest BCUT2D eigenvalue weighted by atomic mass is 19.1. The van der Waals surface area contributed by atoms with Crippen molar-refractivity contribution in [2.24, 2.45) is 0 Å². The number of nitriles is 1. The largest absolute Gasteiger partial charge is 0.379 e. The van der Waals surface area contributed by atoms with Crippen molar-refractivity contribution in [3.8, 4) is 6.07 Å². The maximum atomic E-state index is 13.3. The Kier molecular flexibility index (Phi) is 4.89. The number of aromatic nitrogens is 2. The van der Waals surface area contributed by atoms with Crippen molar-refractivity contribution in [2.45, 2.75) is 12.5 Å². The quantitative estimate of drug-likeness (QED) is 0.700. The number of halogens is 3. The summed E-state index contributed by atoms with van der Waals surface area (Å²) in [5.74, 6) is -0.892. The van der Waals surface area contributed by atoms with Gasteiger partial charge < -0.3 is 5.32 Å². The van der Waals surface area contributed by atoms with Gasteiger partial charge in [-0.25, -0.2) is 18.3 Å². The zero-order chi connectivity index (χ0) is 18.7. The summed E-state index contributed by atoms with van der Waals surface area (Å²) in [7, 11) is 0. The van der Waals surface area contributed by atoms with Crippen LogP contribution in [0.25, 0.3) is 10.8 Å². The molecule has 1 atom stereocenters. The summed E-state index contributed by atoms with van der Waals surface area (Å²) in [6.07, 6.45) is 0.377. The van der Waals surface area contributed by atoms with Gasteiger partial charge in [-0.15, -0.1) is 0 Å². The normalized spacial score (nSPS) is 14.8. The standard InChI is InChI=1S/C11H9F2N3O.C7H4FN/c12-4-6-3-9-10-7(11(17)16-15-9)1-5(13)2-8(10)14-6;8-7-3-1-2-6(4-7)5-9/h1-2,6,14H,3-4H2,(H,16,17);1-4H. The second-order valence-corrected chi connectivity index (χ2v) is 5.70. The number of alkyl halides is 1. The van der Waals surface area contributed by atoms with E-state index in [0.29, 0.717) is 28.8 Å². The molecule has 0 spiro atoms. The highest BCUT2D eigenvalue weighted by Gasteiger charge is 2.23. The van der Waals surface area contributed by atoms with E-state index in [1.807, 2.05) is 6.07 Å². The summed E-state index contributed by atoms with van der Waals surface area (Å²) >= 11 is 0. The van der Waals surface area contributed by atoms with Gasteiger partial charge >= 0.3 is 0 Å². The third-order valence-electron chi connectivity index (χ3n) is 3.87. The van der Waals surface area contributed by atoms with E-state index >= 15 is 0 Å². The fourth-order valence-electron chi connectivity index (χ4n) is 2.75. The Bertz CT molecular complexity index is 1060. The molecule has 1 aliphatic heterocycles. The van der Waals surface area contributed by atoms with Gasteiger partial charge in [0.25, 0.3) is 5.56 Å². The molecule has 0 saturated heterocycles. The Labute approximate surface area is 146 Å². The molecule has 26 heavy (non-hydrogen) atoms. The summed E-state index contributed by atoms with van der Waals surface area (Å²) in [6.45, 7) is -0.571. The Morgan fingerprint density at radius 2 is 2.04 bits per heavy atom. The molecule has 1 aliphatic rings. The summed E-state index contributed by atoms with van der Waals surface area (Å²) in [5, 5.41) is 18.1. The Morgan fingerprint density at radius 3 is 2.69 bits per heavy atom. The number of hydrogen-bond acceptors (Lipinski definition) is 4. The summed E-state index contributed by atoms with van der Waals surface area (Å²) in [4.78, 5) is 11.5. The molecule has 3 aromatic rings. The first kappa shape index (κ1) is 17.5. The molecule has 0 aliphatic carbocycles. The predicted molar refractivity (Wildman–Crippen MR) is 90.5 cm³/mol. The molecule has 0 amide bonds. The van der Waals surface area contributed by atoms with E-state index in [9.17, 15) is 18.0 Å². The van der Waals surface area contributed by atoms with Crippen molar-refractivity contribution in [3.05, 3.63) is 69.6 Å². The average Bonchev–Trinajstić information content (AvgIpc) is 2.64. The monoisotopic (exact) mass is 358 g/mol. The van der Waals surface area contributed by atoms with Crippen molar-refractivity contribution >= 4 is 16.5 Å². The lowest BCUT2D eigenvalue weighted by Gasteiger charge is -2.24. The molecule has 8 heteroatoms. The number of H-pyrrole nitrogens is 1. The zero-order valence-electron chi connectivity index (χ0n) is 13.4. The molecule has 5 nitrogen and oxygen atoms in total. The molecule has 0 radical (unpaired) electrons. The second kappa shape index (κ2) is 7.27. The highest BCUT2D eigenvalue weighted by molar-refractivity contribution is 5.96. The van der Waals surface area contributed by atoms with Gasteiger partial charge in [0, 0.05) is 17.5 Å². The van der Waals surface area contributed by atoms with Gasteiger partial charge in [-0.1, -0.05) is 6.07 Å². The minimum atomic E-state index is -0.571. The molecule has 2 aromatic carbocycles. The maximum Gasteiger partial charge on any atom is 0.272 e. The number of anilines is 1. The van der Waals surface area contributed by atoms with E-state index in [1.165, 1.54) is 30.3 Å². The van der Waals surface area contributed by atoms with Gasteiger partial charge in [0.1, 0.15) is 18.3 Å². The van der Waals surface area contributed by atoms with Crippen LogP contribution in [0.15, 0.2) is 41.2 Å². The number of rotatable bonds is 1. The Morgan fingerprint density at radius 1 is 1.23 bits per heavy atom. The van der Waals surface area contributed by atoms with Gasteiger partial charge in [-0.2, -0.15) is 10.4 Å². The third kappa shape index (κ3) is 3.52. The van der Waals surface area contributed by atoms with E-state index in [4.69, 9.17) is 5.26 Å². The minimum Gasteiger partial charge on any atom is -0.379 e. The summed E-state index contributed by atoms with van der Waals surface area (Å²) in [6, 6.07) is 9.40. The van der Waals surface area contributed by atoms with Crippen LogP contribution in [-0.2, 0) is 6.42 Å². The third-order valence-corrected chi connectivity index (χ3v) is 3.87. The van der Waals surface area contributed by atoms with Crippen molar-refractivity contribution in [1.29, 1.82) is 5.26 Å². The van der Waals surface area contributed by atoms with Gasteiger partial charge in [0.05, 0.1) is 28.8 Å². The lowest BCUT2D eigenvalue weighted by atomic mass is 9.99. The molecule has 0 saturated carbocycles. The molecular formula is C18H13F3N4O. The molecule has 2 heterocycles. The summed E-state index contributed by atoms with van der Waals surface area (Å²) in [5.41, 5.74) is 0.943. The van der Waals surface area contributed by atoms with Crippen molar-refractivity contribution in [1.82, 2.24) is 10.2 Å². The van der Waals surface area contributed by atoms with Crippen LogP contribution in [-0.4, -0.2) is 22.9 Å². The molecule has 2 N–H and O–H groups in total. The first-order valence-corrected chi connectivity index (χ1v) is 7.70. The van der Waals surface area contributed by atoms with Crippen LogP contribution in [0.5, 0.6) is 0 Å². The molecule has 0 fully saturated rings. The first-order chi connectivity index (χ1) is 12.5. The number of aromatic amines is 1. The van der Waals surface area contributed by atoms with Gasteiger partial charge in [-0.3, -0.25) is 4.79 Å². The smallest absolute Gasteiger partial charge is 0.272 e.